The van der Waals surface area contributed by atoms with Crippen molar-refractivity contribution in [1.29, 1.82) is 0 Å². The van der Waals surface area contributed by atoms with E-state index < -0.39 is 47.8 Å². The zero-order chi connectivity index (χ0) is 31.2. The van der Waals surface area contributed by atoms with Crippen molar-refractivity contribution in [3.63, 3.8) is 0 Å². The fourth-order valence-corrected chi connectivity index (χ4v) is 4.38. The number of aliphatic carboxylic acids is 1. The summed E-state index contributed by atoms with van der Waals surface area (Å²) in [4.78, 5) is 64.3. The topological polar surface area (TPSA) is 151 Å². The molecule has 1 unspecified atom stereocenters. The van der Waals surface area contributed by atoms with Crippen molar-refractivity contribution < 1.29 is 33.8 Å². The molecule has 3 amide bonds. The molecule has 0 fully saturated rings. The van der Waals surface area contributed by atoms with E-state index in [-0.39, 0.29) is 31.8 Å². The Labute approximate surface area is 250 Å². The summed E-state index contributed by atoms with van der Waals surface area (Å²) in [6, 6.07) is 22.8. The Hall–Kier alpha value is -4.99. The standard InChI is InChI=1S/C33H37N3O7/c1-22(2)18-27(36-33(42)43-21-25-16-10-5-11-17-25)30(38)34-26(19-23-12-6-3-7-13-23)29(37)31(39)35-28(32(40)41)20-24-14-8-4-9-15-24/h3-17,22,26-28H,18-21H2,1-2H3,(H,34,38)(H,35,39)(H,36,42)(H,40,41)/t26-,27?,28-/m0/s1. The number of carbonyl (C=O) groups excluding carboxylic acids is 4. The Morgan fingerprint density at radius 3 is 1.63 bits per heavy atom. The zero-order valence-electron chi connectivity index (χ0n) is 24.2. The third kappa shape index (κ3) is 11.1. The molecule has 3 rings (SSSR count). The summed E-state index contributed by atoms with van der Waals surface area (Å²) in [5.41, 5.74) is 2.11. The molecule has 3 aromatic rings. The van der Waals surface area contributed by atoms with Gasteiger partial charge >= 0.3 is 12.1 Å². The van der Waals surface area contributed by atoms with E-state index in [9.17, 15) is 29.1 Å². The molecule has 0 aliphatic heterocycles. The van der Waals surface area contributed by atoms with E-state index in [0.717, 1.165) is 5.56 Å². The van der Waals surface area contributed by atoms with Crippen molar-refractivity contribution >= 4 is 29.7 Å². The van der Waals surface area contributed by atoms with Crippen molar-refractivity contribution in [2.45, 2.75) is 57.8 Å². The first-order chi connectivity index (χ1) is 20.6. The van der Waals surface area contributed by atoms with Crippen molar-refractivity contribution in [3.8, 4) is 0 Å². The van der Waals surface area contributed by atoms with Crippen LogP contribution in [-0.2, 0) is 43.4 Å². The van der Waals surface area contributed by atoms with Gasteiger partial charge in [-0.1, -0.05) is 105 Å². The molecule has 0 heterocycles. The van der Waals surface area contributed by atoms with Crippen LogP contribution in [0.25, 0.3) is 0 Å². The number of carboxylic acids is 1. The Kier molecular flexibility index (Phi) is 12.4. The Bertz CT molecular complexity index is 1370. The third-order valence-electron chi connectivity index (χ3n) is 6.55. The van der Waals surface area contributed by atoms with Gasteiger partial charge in [-0.05, 0) is 29.0 Å². The largest absolute Gasteiger partial charge is 0.480 e. The van der Waals surface area contributed by atoms with Gasteiger partial charge in [-0.15, -0.1) is 0 Å². The maximum absolute atomic E-state index is 13.4. The fourth-order valence-electron chi connectivity index (χ4n) is 4.38. The lowest BCUT2D eigenvalue weighted by Gasteiger charge is -2.24. The van der Waals surface area contributed by atoms with Gasteiger partial charge in [0, 0.05) is 12.8 Å². The summed E-state index contributed by atoms with van der Waals surface area (Å²) >= 11 is 0. The van der Waals surface area contributed by atoms with Gasteiger partial charge in [-0.2, -0.15) is 0 Å². The van der Waals surface area contributed by atoms with E-state index in [1.54, 1.807) is 72.8 Å². The molecule has 226 valence electrons. The van der Waals surface area contributed by atoms with Gasteiger partial charge in [0.1, 0.15) is 24.7 Å². The average Bonchev–Trinajstić information content (AvgIpc) is 3.00. The highest BCUT2D eigenvalue weighted by molar-refractivity contribution is 6.38. The Balaban J connectivity index is 1.74. The normalized spacial score (nSPS) is 12.8. The van der Waals surface area contributed by atoms with E-state index in [1.807, 2.05) is 32.0 Å². The predicted octanol–water partition coefficient (Wildman–Crippen LogP) is 3.44. The zero-order valence-corrected chi connectivity index (χ0v) is 24.2. The lowest BCUT2D eigenvalue weighted by Crippen LogP contribution is -2.56. The Morgan fingerprint density at radius 1 is 0.651 bits per heavy atom. The van der Waals surface area contributed by atoms with Crippen molar-refractivity contribution in [2.24, 2.45) is 5.92 Å². The number of alkyl carbamates (subject to hydrolysis) is 1. The second-order valence-corrected chi connectivity index (χ2v) is 10.6. The predicted molar refractivity (Wildman–Crippen MR) is 160 cm³/mol. The molecule has 3 atom stereocenters. The van der Waals surface area contributed by atoms with Crippen LogP contribution < -0.4 is 16.0 Å². The number of carboxylic acid groups (broad SMARTS) is 1. The minimum atomic E-state index is -1.36. The molecule has 43 heavy (non-hydrogen) atoms. The quantitative estimate of drug-likeness (QED) is 0.199. The highest BCUT2D eigenvalue weighted by Gasteiger charge is 2.33. The second kappa shape index (κ2) is 16.5. The summed E-state index contributed by atoms with van der Waals surface area (Å²) in [6.07, 6.45) is -0.625. The van der Waals surface area contributed by atoms with Crippen molar-refractivity contribution in [1.82, 2.24) is 16.0 Å². The second-order valence-electron chi connectivity index (χ2n) is 10.6. The lowest BCUT2D eigenvalue weighted by molar-refractivity contribution is -0.145. The molecule has 0 spiro atoms. The van der Waals surface area contributed by atoms with Gasteiger partial charge in [0.05, 0.1) is 0 Å². The molecule has 4 N–H and O–H groups in total. The molecule has 10 heteroatoms. The van der Waals surface area contributed by atoms with Crippen LogP contribution in [-0.4, -0.2) is 52.9 Å². The first-order valence-electron chi connectivity index (χ1n) is 14.0. The number of hydrogen-bond donors (Lipinski definition) is 4. The highest BCUT2D eigenvalue weighted by atomic mass is 16.5. The van der Waals surface area contributed by atoms with Crippen LogP contribution in [0.5, 0.6) is 0 Å². The van der Waals surface area contributed by atoms with E-state index >= 15 is 0 Å². The minimum absolute atomic E-state index is 0.00566. The van der Waals surface area contributed by atoms with Crippen LogP contribution in [0.2, 0.25) is 0 Å². The van der Waals surface area contributed by atoms with Crippen LogP contribution in [0, 0.1) is 5.92 Å². The molecule has 0 saturated carbocycles. The summed E-state index contributed by atoms with van der Waals surface area (Å²) in [7, 11) is 0. The molecule has 0 radical (unpaired) electrons. The first-order valence-corrected chi connectivity index (χ1v) is 14.0. The molecule has 0 aliphatic rings. The van der Waals surface area contributed by atoms with Crippen LogP contribution in [0.15, 0.2) is 91.0 Å². The summed E-state index contributed by atoms with van der Waals surface area (Å²) in [5.74, 6) is -4.13. The lowest BCUT2D eigenvalue weighted by atomic mass is 9.99. The fraction of sp³-hybridized carbons (Fsp3) is 0.303. The molecule has 10 nitrogen and oxygen atoms in total. The number of benzene rings is 3. The van der Waals surface area contributed by atoms with Crippen LogP contribution in [0.4, 0.5) is 4.79 Å². The molecule has 0 bridgehead atoms. The SMILES string of the molecule is CC(C)CC(NC(=O)OCc1ccccc1)C(=O)N[C@@H](Cc1ccccc1)C(=O)C(=O)N[C@@H](Cc1ccccc1)C(=O)O. The van der Waals surface area contributed by atoms with Gasteiger partial charge in [-0.25, -0.2) is 9.59 Å². The van der Waals surface area contributed by atoms with Crippen LogP contribution in [0.3, 0.4) is 0 Å². The number of rotatable bonds is 15. The van der Waals surface area contributed by atoms with Crippen LogP contribution >= 0.6 is 0 Å². The smallest absolute Gasteiger partial charge is 0.408 e. The molecular weight excluding hydrogens is 550 g/mol. The number of hydrogen-bond acceptors (Lipinski definition) is 6. The third-order valence-corrected chi connectivity index (χ3v) is 6.55. The van der Waals surface area contributed by atoms with Gasteiger partial charge in [0.2, 0.25) is 11.7 Å². The number of amides is 3. The Morgan fingerprint density at radius 2 is 1.14 bits per heavy atom. The summed E-state index contributed by atoms with van der Waals surface area (Å²) in [5, 5.41) is 17.2. The first kappa shape index (κ1) is 32.5. The van der Waals surface area contributed by atoms with E-state index in [1.165, 1.54) is 0 Å². The summed E-state index contributed by atoms with van der Waals surface area (Å²) < 4.78 is 5.27. The minimum Gasteiger partial charge on any atom is -0.480 e. The average molecular weight is 588 g/mol. The molecular formula is C33H37N3O7. The molecule has 0 saturated heterocycles. The number of nitrogens with one attached hydrogen (secondary N) is 3. The van der Waals surface area contributed by atoms with E-state index in [2.05, 4.69) is 16.0 Å². The van der Waals surface area contributed by atoms with Gasteiger partial charge in [0.15, 0.2) is 0 Å². The van der Waals surface area contributed by atoms with Gasteiger partial charge in [0.25, 0.3) is 5.91 Å². The van der Waals surface area contributed by atoms with Gasteiger partial charge in [-0.3, -0.25) is 14.4 Å². The van der Waals surface area contributed by atoms with Crippen molar-refractivity contribution in [2.75, 3.05) is 0 Å². The van der Waals surface area contributed by atoms with Gasteiger partial charge < -0.3 is 25.8 Å². The maximum atomic E-state index is 13.4. The summed E-state index contributed by atoms with van der Waals surface area (Å²) in [6.45, 7) is 3.75. The molecule has 0 aliphatic carbocycles. The number of carbonyl (C=O) groups is 5. The van der Waals surface area contributed by atoms with Crippen molar-refractivity contribution in [3.05, 3.63) is 108 Å². The molecule has 3 aromatic carbocycles. The monoisotopic (exact) mass is 587 g/mol. The number of ether oxygens (including phenoxy) is 1. The maximum Gasteiger partial charge on any atom is 0.408 e. The highest BCUT2D eigenvalue weighted by Crippen LogP contribution is 2.10. The number of ketones is 1. The van der Waals surface area contributed by atoms with E-state index in [4.69, 9.17) is 4.74 Å². The van der Waals surface area contributed by atoms with E-state index in [0.29, 0.717) is 11.1 Å². The van der Waals surface area contributed by atoms with Crippen LogP contribution in [0.1, 0.15) is 37.0 Å². The molecule has 0 aromatic heterocycles. The number of Topliss-reactive ketones (excluding diaryl/α,β-unsaturated/α-hetero) is 1.